The third kappa shape index (κ3) is 15.4. The quantitative estimate of drug-likeness (QED) is 0.179. The van der Waals surface area contributed by atoms with E-state index in [0.29, 0.717) is 52.4 Å². The first-order valence-corrected chi connectivity index (χ1v) is 6.84. The number of nitrogens with two attached hydrogens (primary N) is 1. The summed E-state index contributed by atoms with van der Waals surface area (Å²) < 4.78 is 0. The molecular formula is C12H26N2O6. The average Bonchev–Trinajstić information content (AvgIpc) is 2.46. The predicted octanol–water partition coefficient (Wildman–Crippen LogP) is 0.120. The van der Waals surface area contributed by atoms with Crippen LogP contribution in [-0.4, -0.2) is 51.9 Å². The van der Waals surface area contributed by atoms with Crippen molar-refractivity contribution in [2.45, 2.75) is 32.2 Å². The number of carbonyl (C=O) groups is 1. The molecule has 0 aliphatic heterocycles. The second-order valence-electron chi connectivity index (χ2n) is 4.00. The fourth-order valence-corrected chi connectivity index (χ4v) is 1.07. The minimum atomic E-state index is -0.148. The van der Waals surface area contributed by atoms with Crippen molar-refractivity contribution in [2.75, 3.05) is 39.6 Å². The van der Waals surface area contributed by atoms with Crippen LogP contribution in [-0.2, 0) is 29.2 Å². The third-order valence-corrected chi connectivity index (χ3v) is 2.05. The van der Waals surface area contributed by atoms with E-state index in [1.54, 1.807) is 0 Å². The van der Waals surface area contributed by atoms with Gasteiger partial charge in [-0.3, -0.25) is 0 Å². The summed E-state index contributed by atoms with van der Waals surface area (Å²) in [5, 5.41) is 0. The van der Waals surface area contributed by atoms with Crippen molar-refractivity contribution in [1.82, 2.24) is 5.48 Å². The lowest BCUT2D eigenvalue weighted by atomic mass is 10.2. The van der Waals surface area contributed by atoms with E-state index in [9.17, 15) is 4.79 Å². The Hall–Kier alpha value is -0.610. The topological polar surface area (TPSA) is 101 Å². The van der Waals surface area contributed by atoms with E-state index in [1.165, 1.54) is 0 Å². The Kier molecular flexibility index (Phi) is 15.9. The van der Waals surface area contributed by atoms with E-state index in [-0.39, 0.29) is 6.04 Å². The van der Waals surface area contributed by atoms with E-state index >= 15 is 0 Å². The zero-order valence-electron chi connectivity index (χ0n) is 12.0. The maximum atomic E-state index is 10.1. The molecule has 0 saturated carbocycles. The van der Waals surface area contributed by atoms with Crippen LogP contribution >= 0.6 is 0 Å². The normalized spacial score (nSPS) is 12.5. The Labute approximate surface area is 119 Å². The molecule has 0 amide bonds. The molecule has 1 unspecified atom stereocenters. The van der Waals surface area contributed by atoms with Crippen molar-refractivity contribution in [3.05, 3.63) is 0 Å². The van der Waals surface area contributed by atoms with Crippen molar-refractivity contribution in [3.63, 3.8) is 0 Å². The number of hydrogen-bond acceptors (Lipinski definition) is 8. The molecule has 1 atom stereocenters. The van der Waals surface area contributed by atoms with Crippen LogP contribution in [0.1, 0.15) is 26.2 Å². The van der Waals surface area contributed by atoms with Gasteiger partial charge in [-0.05, 0) is 12.8 Å². The first kappa shape index (κ1) is 19.4. The Morgan fingerprint density at radius 2 is 1.75 bits per heavy atom. The standard InChI is InChI=1S/C12H26N2O6/c1-2-7-17-19-9-10-20-18-8-5-14-16-11-12(13)4-3-6-15/h6,12,14H,2-5,7-11,13H2,1H3. The molecule has 0 aliphatic rings. The van der Waals surface area contributed by atoms with Gasteiger partial charge in [0.05, 0.1) is 19.8 Å². The molecule has 8 heteroatoms. The van der Waals surface area contributed by atoms with Crippen LogP contribution in [0.3, 0.4) is 0 Å². The van der Waals surface area contributed by atoms with Crippen molar-refractivity contribution in [1.29, 1.82) is 0 Å². The van der Waals surface area contributed by atoms with E-state index in [1.807, 2.05) is 6.92 Å². The molecule has 0 rings (SSSR count). The zero-order chi connectivity index (χ0) is 14.9. The molecule has 0 aromatic carbocycles. The maximum Gasteiger partial charge on any atom is 0.120 e. The van der Waals surface area contributed by atoms with E-state index < -0.39 is 0 Å². The molecule has 8 nitrogen and oxygen atoms in total. The fraction of sp³-hybridized carbons (Fsp3) is 0.917. The summed E-state index contributed by atoms with van der Waals surface area (Å²) in [6.07, 6.45) is 2.81. The highest BCUT2D eigenvalue weighted by Gasteiger charge is 2.01. The van der Waals surface area contributed by atoms with E-state index in [0.717, 1.165) is 12.7 Å². The second-order valence-corrected chi connectivity index (χ2v) is 4.00. The minimum Gasteiger partial charge on any atom is -0.326 e. The predicted molar refractivity (Wildman–Crippen MR) is 71.3 cm³/mol. The van der Waals surface area contributed by atoms with Crippen molar-refractivity contribution < 1.29 is 29.2 Å². The van der Waals surface area contributed by atoms with Gasteiger partial charge in [0, 0.05) is 19.0 Å². The van der Waals surface area contributed by atoms with Crippen LogP contribution in [0.4, 0.5) is 0 Å². The summed E-state index contributed by atoms with van der Waals surface area (Å²) in [4.78, 5) is 34.5. The van der Waals surface area contributed by atoms with Crippen LogP contribution in [0.25, 0.3) is 0 Å². The van der Waals surface area contributed by atoms with Crippen LogP contribution in [0.2, 0.25) is 0 Å². The first-order chi connectivity index (χ1) is 9.81. The molecular weight excluding hydrogens is 268 g/mol. The Morgan fingerprint density at radius 1 is 1.10 bits per heavy atom. The fourth-order valence-electron chi connectivity index (χ4n) is 1.07. The highest BCUT2D eigenvalue weighted by atomic mass is 17.2. The van der Waals surface area contributed by atoms with Gasteiger partial charge >= 0.3 is 0 Å². The number of nitrogens with one attached hydrogen (secondary N) is 1. The molecule has 0 heterocycles. The monoisotopic (exact) mass is 294 g/mol. The van der Waals surface area contributed by atoms with Crippen LogP contribution in [0.15, 0.2) is 0 Å². The van der Waals surface area contributed by atoms with E-state index in [2.05, 4.69) is 5.48 Å². The summed E-state index contributed by atoms with van der Waals surface area (Å²) >= 11 is 0. The van der Waals surface area contributed by atoms with Gasteiger partial charge in [-0.2, -0.15) is 0 Å². The molecule has 3 N–H and O–H groups in total. The van der Waals surface area contributed by atoms with Gasteiger partial charge < -0.3 is 15.4 Å². The molecule has 0 aliphatic carbocycles. The molecule has 0 radical (unpaired) electrons. The van der Waals surface area contributed by atoms with Crippen LogP contribution in [0.5, 0.6) is 0 Å². The van der Waals surface area contributed by atoms with E-state index in [4.69, 9.17) is 30.1 Å². The molecule has 0 fully saturated rings. The van der Waals surface area contributed by atoms with Gasteiger partial charge in [-0.15, -0.1) is 0 Å². The number of rotatable bonds is 16. The molecule has 0 aromatic heterocycles. The molecule has 120 valence electrons. The zero-order valence-corrected chi connectivity index (χ0v) is 12.0. The van der Waals surface area contributed by atoms with Gasteiger partial charge in [0.1, 0.15) is 19.5 Å². The first-order valence-electron chi connectivity index (χ1n) is 6.84. The highest BCUT2D eigenvalue weighted by Crippen LogP contribution is 1.91. The average molecular weight is 294 g/mol. The molecule has 0 saturated heterocycles. The summed E-state index contributed by atoms with van der Waals surface area (Å²) in [6.45, 7) is 4.31. The third-order valence-electron chi connectivity index (χ3n) is 2.05. The Bertz CT molecular complexity index is 208. The lowest BCUT2D eigenvalue weighted by Gasteiger charge is -2.11. The van der Waals surface area contributed by atoms with Gasteiger partial charge in [-0.25, -0.2) is 25.0 Å². The van der Waals surface area contributed by atoms with Crippen molar-refractivity contribution >= 4 is 6.29 Å². The smallest absolute Gasteiger partial charge is 0.120 e. The summed E-state index contributed by atoms with van der Waals surface area (Å²) in [7, 11) is 0. The summed E-state index contributed by atoms with van der Waals surface area (Å²) in [6, 6.07) is -0.148. The van der Waals surface area contributed by atoms with Gasteiger partial charge in [0.15, 0.2) is 0 Å². The summed E-state index contributed by atoms with van der Waals surface area (Å²) in [5.74, 6) is 0. The molecule has 20 heavy (non-hydrogen) atoms. The largest absolute Gasteiger partial charge is 0.326 e. The SMILES string of the molecule is CCCOOCCOOCCNOCC(N)CCC=O. The van der Waals surface area contributed by atoms with Gasteiger partial charge in [0.2, 0.25) is 0 Å². The van der Waals surface area contributed by atoms with Gasteiger partial charge in [-0.1, -0.05) is 6.92 Å². The van der Waals surface area contributed by atoms with Crippen LogP contribution in [0, 0.1) is 0 Å². The minimum absolute atomic E-state index is 0.148. The number of carbonyl (C=O) groups excluding carboxylic acids is 1. The van der Waals surface area contributed by atoms with Crippen molar-refractivity contribution in [2.24, 2.45) is 5.73 Å². The lowest BCUT2D eigenvalue weighted by molar-refractivity contribution is -0.340. The summed E-state index contributed by atoms with van der Waals surface area (Å²) in [5.41, 5.74) is 8.37. The molecule has 0 spiro atoms. The van der Waals surface area contributed by atoms with Crippen LogP contribution < -0.4 is 11.2 Å². The second kappa shape index (κ2) is 16.4. The Morgan fingerprint density at radius 3 is 2.40 bits per heavy atom. The number of hydroxylamine groups is 1. The lowest BCUT2D eigenvalue weighted by Crippen LogP contribution is -2.31. The molecule has 0 aromatic rings. The number of hydrogen-bond donors (Lipinski definition) is 2. The van der Waals surface area contributed by atoms with Gasteiger partial charge in [0.25, 0.3) is 0 Å². The maximum absolute atomic E-state index is 10.1. The molecule has 0 bridgehead atoms. The van der Waals surface area contributed by atoms with Crippen molar-refractivity contribution in [3.8, 4) is 0 Å². The highest BCUT2D eigenvalue weighted by molar-refractivity contribution is 5.49. The Balaban J connectivity index is 3.04. The number of aldehydes is 1.